The van der Waals surface area contributed by atoms with Crippen molar-refractivity contribution in [3.05, 3.63) is 52.2 Å². The molecule has 28 heavy (non-hydrogen) atoms. The molecule has 1 aromatic carbocycles. The number of hydrogen-bond acceptors (Lipinski definition) is 6. The van der Waals surface area contributed by atoms with Crippen molar-refractivity contribution in [3.8, 4) is 5.69 Å². The van der Waals surface area contributed by atoms with Gasteiger partial charge in [-0.1, -0.05) is 35.5 Å². The number of hydrogen-bond donors (Lipinski definition) is 1. The molecule has 3 aromatic rings. The molecule has 3 heterocycles. The number of piperazine rings is 1. The Kier molecular flexibility index (Phi) is 6.04. The molecule has 4 rings (SSSR count). The lowest BCUT2D eigenvalue weighted by atomic mass is 10.2. The summed E-state index contributed by atoms with van der Waals surface area (Å²) in [5.41, 5.74) is 2.08. The molecule has 1 amide bonds. The number of nitrogens with one attached hydrogen (secondary N) is 1. The summed E-state index contributed by atoms with van der Waals surface area (Å²) in [6.45, 7) is 6.70. The van der Waals surface area contributed by atoms with Crippen molar-refractivity contribution in [2.75, 3.05) is 31.9 Å². The van der Waals surface area contributed by atoms with Gasteiger partial charge in [0.25, 0.3) is 0 Å². The number of nitrogens with zero attached hydrogens (tertiary/aromatic N) is 5. The van der Waals surface area contributed by atoms with Crippen LogP contribution in [0.4, 0.5) is 0 Å². The molecule has 0 spiro atoms. The Balaban J connectivity index is 1.29. The average Bonchev–Trinajstić information content (AvgIpc) is 3.39. The van der Waals surface area contributed by atoms with Crippen LogP contribution in [0.25, 0.3) is 5.69 Å². The Morgan fingerprint density at radius 1 is 1.21 bits per heavy atom. The highest BCUT2D eigenvalue weighted by molar-refractivity contribution is 7.99. The van der Waals surface area contributed by atoms with E-state index in [-0.39, 0.29) is 5.91 Å². The summed E-state index contributed by atoms with van der Waals surface area (Å²) in [4.78, 5) is 17.5. The van der Waals surface area contributed by atoms with Gasteiger partial charge in [0.2, 0.25) is 11.1 Å². The van der Waals surface area contributed by atoms with Gasteiger partial charge in [0.1, 0.15) is 6.54 Å². The van der Waals surface area contributed by atoms with Crippen molar-refractivity contribution in [2.24, 2.45) is 0 Å². The van der Waals surface area contributed by atoms with Crippen LogP contribution in [0.1, 0.15) is 10.4 Å². The van der Waals surface area contributed by atoms with E-state index in [0.29, 0.717) is 10.9 Å². The molecule has 7 nitrogen and oxygen atoms in total. The maximum Gasteiger partial charge on any atom is 0.233 e. The lowest BCUT2D eigenvalue weighted by Gasteiger charge is -2.32. The monoisotopic (exact) mass is 415 g/mol. The maximum absolute atomic E-state index is 12.6. The third-order valence-corrected chi connectivity index (χ3v) is 6.65. The summed E-state index contributed by atoms with van der Waals surface area (Å²) in [5.74, 6) is 0.505. The Bertz CT molecular complexity index is 901. The van der Waals surface area contributed by atoms with Gasteiger partial charge in [0, 0.05) is 0 Å². The van der Waals surface area contributed by atoms with Gasteiger partial charge in [0.05, 0.1) is 42.5 Å². The number of amides is 1. The van der Waals surface area contributed by atoms with Crippen molar-refractivity contribution in [1.29, 1.82) is 0 Å². The lowest BCUT2D eigenvalue weighted by molar-refractivity contribution is -0.917. The standard InChI is InChI=1S/C19H22N6OS2/c1-15-4-6-16(7-5-15)25-19(20-21-22-25)28-14-18(26)24-10-8-23(9-11-24)13-17-3-2-12-27-17/h2-7,12H,8-11,13-14H2,1H3/p+1. The molecule has 1 aliphatic heterocycles. The van der Waals surface area contributed by atoms with E-state index in [1.165, 1.54) is 22.2 Å². The van der Waals surface area contributed by atoms with E-state index in [9.17, 15) is 4.79 Å². The van der Waals surface area contributed by atoms with Crippen LogP contribution in [0.5, 0.6) is 0 Å². The highest BCUT2D eigenvalue weighted by Gasteiger charge is 2.24. The fourth-order valence-electron chi connectivity index (χ4n) is 3.24. The summed E-state index contributed by atoms with van der Waals surface area (Å²) in [6.07, 6.45) is 0. The molecule has 0 aliphatic carbocycles. The molecule has 1 N–H and O–H groups in total. The summed E-state index contributed by atoms with van der Waals surface area (Å²) < 4.78 is 1.68. The van der Waals surface area contributed by atoms with Crippen LogP contribution < -0.4 is 4.90 Å². The molecular formula is C19H23N6OS2+. The zero-order valence-corrected chi connectivity index (χ0v) is 17.4. The molecule has 0 saturated carbocycles. The van der Waals surface area contributed by atoms with E-state index in [1.807, 2.05) is 36.1 Å². The number of thioether (sulfide) groups is 1. The van der Waals surface area contributed by atoms with Crippen LogP contribution in [0.3, 0.4) is 0 Å². The van der Waals surface area contributed by atoms with Crippen molar-refractivity contribution >= 4 is 29.0 Å². The van der Waals surface area contributed by atoms with E-state index in [2.05, 4.69) is 33.0 Å². The topological polar surface area (TPSA) is 68.4 Å². The molecule has 1 saturated heterocycles. The highest BCUT2D eigenvalue weighted by Crippen LogP contribution is 2.19. The van der Waals surface area contributed by atoms with Crippen LogP contribution in [-0.2, 0) is 11.3 Å². The largest absolute Gasteiger partial charge is 0.331 e. The third-order valence-electron chi connectivity index (χ3n) is 4.87. The number of aromatic nitrogens is 4. The lowest BCUT2D eigenvalue weighted by Crippen LogP contribution is -3.13. The number of tetrazole rings is 1. The predicted molar refractivity (Wildman–Crippen MR) is 110 cm³/mol. The van der Waals surface area contributed by atoms with E-state index in [1.54, 1.807) is 20.9 Å². The van der Waals surface area contributed by atoms with Crippen molar-refractivity contribution in [1.82, 2.24) is 25.1 Å². The smallest absolute Gasteiger partial charge is 0.233 e. The van der Waals surface area contributed by atoms with Gasteiger partial charge in [-0.25, -0.2) is 0 Å². The normalized spacial score (nSPS) is 15.1. The van der Waals surface area contributed by atoms with Crippen molar-refractivity contribution < 1.29 is 9.69 Å². The molecule has 1 aliphatic rings. The number of quaternary nitrogens is 1. The summed E-state index contributed by atoms with van der Waals surface area (Å²) in [7, 11) is 0. The Morgan fingerprint density at radius 3 is 2.71 bits per heavy atom. The minimum absolute atomic E-state index is 0.152. The zero-order chi connectivity index (χ0) is 19.3. The summed E-state index contributed by atoms with van der Waals surface area (Å²) >= 11 is 3.19. The molecule has 9 heteroatoms. The third kappa shape index (κ3) is 4.60. The van der Waals surface area contributed by atoms with Crippen LogP contribution in [0.15, 0.2) is 46.9 Å². The second kappa shape index (κ2) is 8.85. The first kappa shape index (κ1) is 19.1. The minimum Gasteiger partial charge on any atom is -0.331 e. The number of carbonyl (C=O) groups is 1. The second-order valence-corrected chi connectivity index (χ2v) is 8.86. The maximum atomic E-state index is 12.6. The molecule has 1 fully saturated rings. The fourth-order valence-corrected chi connectivity index (χ4v) is 4.81. The van der Waals surface area contributed by atoms with E-state index < -0.39 is 0 Å². The van der Waals surface area contributed by atoms with Gasteiger partial charge in [-0.3, -0.25) is 4.79 Å². The van der Waals surface area contributed by atoms with Crippen LogP contribution in [0, 0.1) is 6.92 Å². The number of benzene rings is 1. The fraction of sp³-hybridized carbons (Fsp3) is 0.368. The molecule has 0 unspecified atom stereocenters. The van der Waals surface area contributed by atoms with Gasteiger partial charge < -0.3 is 9.80 Å². The zero-order valence-electron chi connectivity index (χ0n) is 15.7. The molecule has 0 radical (unpaired) electrons. The minimum atomic E-state index is 0.152. The Labute approximate surface area is 172 Å². The number of aryl methyl sites for hydroxylation is 1. The van der Waals surface area contributed by atoms with Gasteiger partial charge in [0.15, 0.2) is 0 Å². The first-order valence-electron chi connectivity index (χ1n) is 9.31. The first-order valence-corrected chi connectivity index (χ1v) is 11.2. The van der Waals surface area contributed by atoms with Gasteiger partial charge >= 0.3 is 0 Å². The summed E-state index contributed by atoms with van der Waals surface area (Å²) in [5, 5.41) is 14.7. The SMILES string of the molecule is Cc1ccc(-n2nnnc2SCC(=O)N2CC[NH+](Cc3cccs3)CC2)cc1. The second-order valence-electron chi connectivity index (χ2n) is 6.88. The van der Waals surface area contributed by atoms with Gasteiger partial charge in [-0.2, -0.15) is 4.68 Å². The van der Waals surface area contributed by atoms with Crippen LogP contribution in [-0.4, -0.2) is 62.9 Å². The van der Waals surface area contributed by atoms with Crippen LogP contribution >= 0.6 is 23.1 Å². The van der Waals surface area contributed by atoms with E-state index >= 15 is 0 Å². The number of carbonyl (C=O) groups excluding carboxylic acids is 1. The number of thiophene rings is 1. The molecule has 0 bridgehead atoms. The highest BCUT2D eigenvalue weighted by atomic mass is 32.2. The van der Waals surface area contributed by atoms with E-state index in [4.69, 9.17) is 0 Å². The summed E-state index contributed by atoms with van der Waals surface area (Å²) in [6, 6.07) is 12.3. The predicted octanol–water partition coefficient (Wildman–Crippen LogP) is 1.05. The van der Waals surface area contributed by atoms with Gasteiger partial charge in [-0.15, -0.1) is 16.4 Å². The Morgan fingerprint density at radius 2 is 2.00 bits per heavy atom. The molecule has 0 atom stereocenters. The average molecular weight is 416 g/mol. The molecular weight excluding hydrogens is 392 g/mol. The number of rotatable bonds is 6. The van der Waals surface area contributed by atoms with Crippen molar-refractivity contribution in [3.63, 3.8) is 0 Å². The van der Waals surface area contributed by atoms with E-state index in [0.717, 1.165) is 38.4 Å². The van der Waals surface area contributed by atoms with Crippen LogP contribution in [0.2, 0.25) is 0 Å². The first-order chi connectivity index (χ1) is 13.7. The molecule has 146 valence electrons. The van der Waals surface area contributed by atoms with Gasteiger partial charge in [-0.05, 0) is 40.9 Å². The molecule has 2 aromatic heterocycles. The Hall–Kier alpha value is -2.23. The van der Waals surface area contributed by atoms with Crippen molar-refractivity contribution in [2.45, 2.75) is 18.6 Å². The quantitative estimate of drug-likeness (QED) is 0.610.